The number of hydrogen-bond acceptors (Lipinski definition) is 3. The zero-order valence-corrected chi connectivity index (χ0v) is 15.0. The maximum atomic E-state index is 12.2. The summed E-state index contributed by atoms with van der Waals surface area (Å²) in [5.74, 6) is 1.23. The van der Waals surface area contributed by atoms with Gasteiger partial charge in [-0.3, -0.25) is 9.69 Å². The lowest BCUT2D eigenvalue weighted by Gasteiger charge is -2.23. The highest BCUT2D eigenvalue weighted by Gasteiger charge is 2.21. The number of carbonyl (C=O) groups excluding carboxylic acids is 1. The van der Waals surface area contributed by atoms with Crippen LogP contribution in [0.4, 0.5) is 0 Å². The zero-order valence-electron chi connectivity index (χ0n) is 15.0. The standard InChI is InChI=1S/C21H28N2O2/c1-23(18-10-5-6-11-18)16-21(24)22-14-13-19(20-12-7-15-25-20)17-8-3-2-4-9-17/h2-4,7-9,12,15,18-19H,5-6,10-11,13-14,16H2,1H3,(H,22,24)/t19-/m1/s1. The minimum atomic E-state index is 0.112. The average molecular weight is 340 g/mol. The first-order valence-corrected chi connectivity index (χ1v) is 9.29. The van der Waals surface area contributed by atoms with E-state index in [1.165, 1.54) is 31.2 Å². The van der Waals surface area contributed by atoms with Crippen LogP contribution in [0.25, 0.3) is 0 Å². The summed E-state index contributed by atoms with van der Waals surface area (Å²) in [6.07, 6.45) is 7.56. The molecule has 0 aliphatic heterocycles. The quantitative estimate of drug-likeness (QED) is 0.795. The maximum absolute atomic E-state index is 12.2. The van der Waals surface area contributed by atoms with Gasteiger partial charge >= 0.3 is 0 Å². The molecule has 134 valence electrons. The molecule has 1 heterocycles. The van der Waals surface area contributed by atoms with Gasteiger partial charge in [-0.25, -0.2) is 0 Å². The van der Waals surface area contributed by atoms with Crippen molar-refractivity contribution in [1.29, 1.82) is 0 Å². The van der Waals surface area contributed by atoms with Gasteiger partial charge in [0.15, 0.2) is 0 Å². The molecule has 4 heteroatoms. The molecule has 1 atom stereocenters. The molecule has 1 aromatic heterocycles. The van der Waals surface area contributed by atoms with Gasteiger partial charge in [-0.15, -0.1) is 0 Å². The van der Waals surface area contributed by atoms with E-state index in [0.29, 0.717) is 19.1 Å². The number of carbonyl (C=O) groups is 1. The SMILES string of the molecule is CN(CC(=O)NCC[C@H](c1ccccc1)c1ccco1)C1CCCC1. The number of benzene rings is 1. The highest BCUT2D eigenvalue weighted by molar-refractivity contribution is 5.78. The summed E-state index contributed by atoms with van der Waals surface area (Å²) in [5.41, 5.74) is 1.22. The minimum absolute atomic E-state index is 0.112. The van der Waals surface area contributed by atoms with Gasteiger partial charge < -0.3 is 9.73 Å². The molecule has 1 aromatic carbocycles. The molecule has 1 amide bonds. The van der Waals surface area contributed by atoms with E-state index < -0.39 is 0 Å². The van der Waals surface area contributed by atoms with Crippen LogP contribution < -0.4 is 5.32 Å². The fourth-order valence-electron chi connectivity index (χ4n) is 3.76. The van der Waals surface area contributed by atoms with Crippen LogP contribution in [0.1, 0.15) is 49.3 Å². The van der Waals surface area contributed by atoms with E-state index in [-0.39, 0.29) is 11.8 Å². The van der Waals surface area contributed by atoms with Crippen LogP contribution in [0, 0.1) is 0 Å². The van der Waals surface area contributed by atoms with Crippen molar-refractivity contribution in [1.82, 2.24) is 10.2 Å². The van der Waals surface area contributed by atoms with Gasteiger partial charge in [-0.1, -0.05) is 43.2 Å². The summed E-state index contributed by atoms with van der Waals surface area (Å²) >= 11 is 0. The van der Waals surface area contributed by atoms with Crippen molar-refractivity contribution < 1.29 is 9.21 Å². The molecule has 4 nitrogen and oxygen atoms in total. The summed E-state index contributed by atoms with van der Waals surface area (Å²) in [5, 5.41) is 3.08. The number of nitrogens with zero attached hydrogens (tertiary/aromatic N) is 1. The Balaban J connectivity index is 1.50. The number of hydrogen-bond donors (Lipinski definition) is 1. The van der Waals surface area contributed by atoms with E-state index >= 15 is 0 Å². The third kappa shape index (κ3) is 4.95. The van der Waals surface area contributed by atoms with Crippen LogP contribution in [0.5, 0.6) is 0 Å². The second kappa shape index (κ2) is 8.86. The lowest BCUT2D eigenvalue weighted by atomic mass is 9.93. The van der Waals surface area contributed by atoms with Crippen molar-refractivity contribution in [3.8, 4) is 0 Å². The summed E-state index contributed by atoms with van der Waals surface area (Å²) in [6.45, 7) is 1.14. The molecule has 0 radical (unpaired) electrons. The molecule has 0 unspecified atom stereocenters. The van der Waals surface area contributed by atoms with Gasteiger partial charge in [-0.05, 0) is 44.0 Å². The number of amides is 1. The van der Waals surface area contributed by atoms with Crippen LogP contribution >= 0.6 is 0 Å². The Morgan fingerprint density at radius 3 is 2.64 bits per heavy atom. The Labute approximate surface area is 150 Å². The summed E-state index contributed by atoms with van der Waals surface area (Å²) in [6, 6.07) is 14.8. The molecule has 25 heavy (non-hydrogen) atoms. The first kappa shape index (κ1) is 17.7. The van der Waals surface area contributed by atoms with E-state index in [1.54, 1.807) is 6.26 Å². The van der Waals surface area contributed by atoms with Crippen LogP contribution in [-0.2, 0) is 4.79 Å². The number of nitrogens with one attached hydrogen (secondary N) is 1. The lowest BCUT2D eigenvalue weighted by molar-refractivity contribution is -0.122. The highest BCUT2D eigenvalue weighted by atomic mass is 16.3. The molecule has 0 spiro atoms. The molecule has 1 aliphatic rings. The van der Waals surface area contributed by atoms with E-state index in [0.717, 1.165) is 12.2 Å². The Hall–Kier alpha value is -2.07. The minimum Gasteiger partial charge on any atom is -0.469 e. The average Bonchev–Trinajstić information content (AvgIpc) is 3.33. The van der Waals surface area contributed by atoms with E-state index in [4.69, 9.17) is 4.42 Å². The van der Waals surface area contributed by atoms with Crippen molar-refractivity contribution in [3.63, 3.8) is 0 Å². The normalized spacial score (nSPS) is 16.2. The molecule has 1 aliphatic carbocycles. The number of furan rings is 1. The van der Waals surface area contributed by atoms with Crippen LogP contribution in [0.2, 0.25) is 0 Å². The molecule has 0 bridgehead atoms. The van der Waals surface area contributed by atoms with E-state index in [1.807, 2.05) is 30.3 Å². The van der Waals surface area contributed by atoms with Crippen LogP contribution in [0.3, 0.4) is 0 Å². The molecule has 1 saturated carbocycles. The maximum Gasteiger partial charge on any atom is 0.234 e. The predicted octanol–water partition coefficient (Wildman–Crippen LogP) is 3.79. The third-order valence-electron chi connectivity index (χ3n) is 5.18. The van der Waals surface area contributed by atoms with Gasteiger partial charge in [0.1, 0.15) is 5.76 Å². The monoisotopic (exact) mass is 340 g/mol. The molecule has 2 aromatic rings. The Bertz CT molecular complexity index is 633. The van der Waals surface area contributed by atoms with Crippen molar-refractivity contribution in [2.45, 2.75) is 44.1 Å². The Kier molecular flexibility index (Phi) is 6.29. The Morgan fingerprint density at radius 1 is 1.20 bits per heavy atom. The van der Waals surface area contributed by atoms with Crippen molar-refractivity contribution >= 4 is 5.91 Å². The van der Waals surface area contributed by atoms with Gasteiger partial charge in [0, 0.05) is 18.5 Å². The summed E-state index contributed by atoms with van der Waals surface area (Å²) in [4.78, 5) is 14.4. The molecular formula is C21H28N2O2. The predicted molar refractivity (Wildman–Crippen MR) is 99.5 cm³/mol. The van der Waals surface area contributed by atoms with Gasteiger partial charge in [0.2, 0.25) is 5.91 Å². The van der Waals surface area contributed by atoms with Crippen LogP contribution in [-0.4, -0.2) is 37.0 Å². The lowest BCUT2D eigenvalue weighted by Crippen LogP contribution is -2.40. The van der Waals surface area contributed by atoms with E-state index in [9.17, 15) is 4.79 Å². The zero-order chi connectivity index (χ0) is 17.5. The highest BCUT2D eigenvalue weighted by Crippen LogP contribution is 2.27. The third-order valence-corrected chi connectivity index (χ3v) is 5.18. The van der Waals surface area contributed by atoms with Gasteiger partial charge in [0.25, 0.3) is 0 Å². The van der Waals surface area contributed by atoms with Gasteiger partial charge in [0.05, 0.1) is 12.8 Å². The summed E-state index contributed by atoms with van der Waals surface area (Å²) in [7, 11) is 2.06. The molecule has 1 fully saturated rings. The molecule has 0 saturated heterocycles. The fourth-order valence-corrected chi connectivity index (χ4v) is 3.76. The fraction of sp³-hybridized carbons (Fsp3) is 0.476. The second-order valence-corrected chi connectivity index (χ2v) is 6.97. The first-order chi connectivity index (χ1) is 12.2. The summed E-state index contributed by atoms with van der Waals surface area (Å²) < 4.78 is 5.62. The molecule has 1 N–H and O–H groups in total. The van der Waals surface area contributed by atoms with Crippen molar-refractivity contribution in [2.75, 3.05) is 20.1 Å². The molecule has 3 rings (SSSR count). The van der Waals surface area contributed by atoms with Crippen molar-refractivity contribution in [2.24, 2.45) is 0 Å². The number of likely N-dealkylation sites (N-methyl/N-ethyl adjacent to an activating group) is 1. The Morgan fingerprint density at radius 2 is 1.96 bits per heavy atom. The topological polar surface area (TPSA) is 45.5 Å². The van der Waals surface area contributed by atoms with E-state index in [2.05, 4.69) is 29.4 Å². The van der Waals surface area contributed by atoms with Crippen molar-refractivity contribution in [3.05, 3.63) is 60.1 Å². The smallest absolute Gasteiger partial charge is 0.234 e. The van der Waals surface area contributed by atoms with Gasteiger partial charge in [-0.2, -0.15) is 0 Å². The largest absolute Gasteiger partial charge is 0.469 e. The van der Waals surface area contributed by atoms with Crippen LogP contribution in [0.15, 0.2) is 53.1 Å². The molecular weight excluding hydrogens is 312 g/mol. The first-order valence-electron chi connectivity index (χ1n) is 9.29. The second-order valence-electron chi connectivity index (χ2n) is 6.97. The number of rotatable bonds is 8.